The average molecular weight is 408 g/mol. The monoisotopic (exact) mass is 408 g/mol. The summed E-state index contributed by atoms with van der Waals surface area (Å²) in [4.78, 5) is 25.7. The molecule has 2 aromatic heterocycles. The van der Waals surface area contributed by atoms with Crippen LogP contribution in [0.15, 0.2) is 71.9 Å². The van der Waals surface area contributed by atoms with Crippen molar-refractivity contribution in [2.24, 2.45) is 0 Å². The van der Waals surface area contributed by atoms with Gasteiger partial charge in [0, 0.05) is 24.2 Å². The Bertz CT molecular complexity index is 1150. The Morgan fingerprint density at radius 1 is 0.966 bits per heavy atom. The van der Waals surface area contributed by atoms with Gasteiger partial charge in [-0.3, -0.25) is 4.98 Å². The summed E-state index contributed by atoms with van der Waals surface area (Å²) in [5, 5.41) is 0. The highest BCUT2D eigenvalue weighted by Gasteiger charge is 2.35. The molecule has 0 spiro atoms. The summed E-state index contributed by atoms with van der Waals surface area (Å²) >= 11 is 0. The molecule has 148 valence electrons. The molecule has 0 saturated heterocycles. The van der Waals surface area contributed by atoms with E-state index in [-0.39, 0.29) is 17.0 Å². The molecule has 8 heteroatoms. The van der Waals surface area contributed by atoms with Crippen LogP contribution in [-0.2, 0) is 16.4 Å². The fraction of sp³-hybridized carbons (Fsp3) is 0.190. The van der Waals surface area contributed by atoms with Crippen LogP contribution in [0.5, 0.6) is 0 Å². The van der Waals surface area contributed by atoms with Gasteiger partial charge >= 0.3 is 6.03 Å². The van der Waals surface area contributed by atoms with Gasteiger partial charge in [-0.1, -0.05) is 12.1 Å². The first-order valence-electron chi connectivity index (χ1n) is 9.12. The summed E-state index contributed by atoms with van der Waals surface area (Å²) < 4.78 is 23.5. The van der Waals surface area contributed by atoms with Crippen molar-refractivity contribution in [2.45, 2.75) is 24.4 Å². The normalized spacial score (nSPS) is 15.2. The molecule has 4 rings (SSSR count). The number of urea groups is 1. The fourth-order valence-corrected chi connectivity index (χ4v) is 4.02. The Labute approximate surface area is 169 Å². The summed E-state index contributed by atoms with van der Waals surface area (Å²) in [6.45, 7) is 2.35. The topological polar surface area (TPSA) is 83.5 Å². The number of aromatic nitrogens is 2. The van der Waals surface area contributed by atoms with Crippen molar-refractivity contribution >= 4 is 27.4 Å². The molecule has 0 saturated carbocycles. The summed E-state index contributed by atoms with van der Waals surface area (Å²) in [7, 11) is -3.32. The lowest BCUT2D eigenvalue weighted by Gasteiger charge is -2.39. The van der Waals surface area contributed by atoms with Gasteiger partial charge in [-0.2, -0.15) is 0 Å². The average Bonchev–Trinajstić information content (AvgIpc) is 2.73. The van der Waals surface area contributed by atoms with Gasteiger partial charge in [0.15, 0.2) is 9.84 Å². The van der Waals surface area contributed by atoms with Gasteiger partial charge in [0.2, 0.25) is 0 Å². The number of hydrogen-bond acceptors (Lipinski definition) is 5. The smallest absolute Gasteiger partial charge is 0.311 e. The number of pyridine rings is 2. The van der Waals surface area contributed by atoms with Crippen LogP contribution < -0.4 is 4.90 Å². The van der Waals surface area contributed by atoms with E-state index in [9.17, 15) is 13.2 Å². The van der Waals surface area contributed by atoms with Crippen molar-refractivity contribution in [1.82, 2.24) is 14.9 Å². The van der Waals surface area contributed by atoms with Crippen LogP contribution in [0.25, 0.3) is 0 Å². The van der Waals surface area contributed by atoms with Crippen LogP contribution in [0.4, 0.5) is 16.3 Å². The van der Waals surface area contributed by atoms with Crippen LogP contribution in [0, 0.1) is 0 Å². The Morgan fingerprint density at radius 2 is 1.69 bits per heavy atom. The summed E-state index contributed by atoms with van der Waals surface area (Å²) in [6, 6.07) is 15.2. The molecule has 1 unspecified atom stereocenters. The number of amides is 2. The number of sulfone groups is 1. The molecule has 1 atom stereocenters. The minimum absolute atomic E-state index is 0.200. The van der Waals surface area contributed by atoms with E-state index in [2.05, 4.69) is 9.97 Å². The number of carbonyl (C=O) groups excluding carboxylic acids is 1. The van der Waals surface area contributed by atoms with E-state index in [0.29, 0.717) is 18.1 Å². The number of rotatable bonds is 4. The highest BCUT2D eigenvalue weighted by molar-refractivity contribution is 7.90. The fourth-order valence-electron chi connectivity index (χ4n) is 3.39. The quantitative estimate of drug-likeness (QED) is 0.657. The molecule has 0 N–H and O–H groups in total. The number of hydrogen-bond donors (Lipinski definition) is 0. The molecule has 3 heterocycles. The molecule has 0 radical (unpaired) electrons. The first-order valence-corrected chi connectivity index (χ1v) is 11.0. The van der Waals surface area contributed by atoms with E-state index in [4.69, 9.17) is 0 Å². The Hall–Kier alpha value is -3.26. The summed E-state index contributed by atoms with van der Waals surface area (Å²) in [6.07, 6.45) is 4.50. The van der Waals surface area contributed by atoms with Crippen molar-refractivity contribution in [1.29, 1.82) is 0 Å². The molecular formula is C21H20N4O3S. The van der Waals surface area contributed by atoms with Crippen LogP contribution >= 0.6 is 0 Å². The number of anilines is 2. The first kappa shape index (κ1) is 19.1. The third-order valence-electron chi connectivity index (χ3n) is 4.96. The number of nitrogens with zero attached hydrogens (tertiary/aromatic N) is 4. The largest absolute Gasteiger partial charge is 0.331 e. The minimum Gasteiger partial charge on any atom is -0.311 e. The van der Waals surface area contributed by atoms with Crippen molar-refractivity contribution in [3.63, 3.8) is 0 Å². The Morgan fingerprint density at radius 3 is 2.34 bits per heavy atom. The third kappa shape index (κ3) is 3.58. The predicted octanol–water partition coefficient (Wildman–Crippen LogP) is 3.72. The summed E-state index contributed by atoms with van der Waals surface area (Å²) in [5.74, 6) is 0.550. The molecule has 2 amide bonds. The SMILES string of the molecule is CC(c1ccccn1)N1Cc2cccnc2N(c2ccc(S(C)(=O)=O)cc2)C1=O. The van der Waals surface area contributed by atoms with Crippen molar-refractivity contribution in [3.05, 3.63) is 78.2 Å². The van der Waals surface area contributed by atoms with Crippen LogP contribution in [0.3, 0.4) is 0 Å². The van der Waals surface area contributed by atoms with Gasteiger partial charge < -0.3 is 4.90 Å². The zero-order valence-electron chi connectivity index (χ0n) is 16.1. The van der Waals surface area contributed by atoms with Crippen LogP contribution in [-0.4, -0.2) is 35.6 Å². The maximum absolute atomic E-state index is 13.5. The molecule has 0 fully saturated rings. The molecule has 1 aliphatic heterocycles. The van der Waals surface area contributed by atoms with Gasteiger partial charge in [-0.25, -0.2) is 23.1 Å². The van der Waals surface area contributed by atoms with Crippen molar-refractivity contribution in [2.75, 3.05) is 11.2 Å². The lowest BCUT2D eigenvalue weighted by molar-refractivity contribution is 0.179. The van der Waals surface area contributed by atoms with E-state index in [1.165, 1.54) is 17.0 Å². The van der Waals surface area contributed by atoms with E-state index >= 15 is 0 Å². The standard InChI is InChI=1S/C21H20N4O3S/c1-15(19-7-3-4-12-22-19)24-14-16-6-5-13-23-20(16)25(21(24)26)17-8-10-18(11-9-17)29(2,27)28/h3-13,15H,14H2,1-2H3. The maximum Gasteiger partial charge on any atom is 0.331 e. The zero-order valence-corrected chi connectivity index (χ0v) is 16.9. The van der Waals surface area contributed by atoms with Gasteiger partial charge in [-0.15, -0.1) is 0 Å². The minimum atomic E-state index is -3.32. The molecule has 1 aromatic carbocycles. The van der Waals surface area contributed by atoms with Crippen molar-refractivity contribution in [3.8, 4) is 0 Å². The first-order chi connectivity index (χ1) is 13.9. The van der Waals surface area contributed by atoms with Crippen molar-refractivity contribution < 1.29 is 13.2 Å². The Kier molecular flexibility index (Phi) is 4.79. The molecule has 29 heavy (non-hydrogen) atoms. The van der Waals surface area contributed by atoms with E-state index in [1.54, 1.807) is 29.4 Å². The van der Waals surface area contributed by atoms with Gasteiger partial charge in [0.05, 0.1) is 28.9 Å². The molecule has 0 bridgehead atoms. The number of carbonyl (C=O) groups is 1. The van der Waals surface area contributed by atoms with E-state index in [1.807, 2.05) is 37.3 Å². The summed E-state index contributed by atoms with van der Waals surface area (Å²) in [5.41, 5.74) is 2.25. The lowest BCUT2D eigenvalue weighted by Crippen LogP contribution is -2.46. The number of fused-ring (bicyclic) bond motifs is 1. The zero-order chi connectivity index (χ0) is 20.6. The lowest BCUT2D eigenvalue weighted by atomic mass is 10.1. The van der Waals surface area contributed by atoms with Gasteiger partial charge in [0.25, 0.3) is 0 Å². The van der Waals surface area contributed by atoms with Gasteiger partial charge in [0.1, 0.15) is 5.82 Å². The molecule has 1 aliphatic rings. The molecular weight excluding hydrogens is 388 g/mol. The third-order valence-corrected chi connectivity index (χ3v) is 6.09. The van der Waals surface area contributed by atoms with E-state index in [0.717, 1.165) is 17.5 Å². The Balaban J connectivity index is 1.77. The maximum atomic E-state index is 13.5. The van der Waals surface area contributed by atoms with E-state index < -0.39 is 9.84 Å². The van der Waals surface area contributed by atoms with Gasteiger partial charge in [-0.05, 0) is 49.4 Å². The highest BCUT2D eigenvalue weighted by Crippen LogP contribution is 2.36. The number of benzene rings is 1. The van der Waals surface area contributed by atoms with Crippen LogP contribution in [0.2, 0.25) is 0 Å². The second-order valence-electron chi connectivity index (χ2n) is 6.93. The molecule has 0 aliphatic carbocycles. The molecule has 3 aromatic rings. The van der Waals surface area contributed by atoms with Crippen LogP contribution in [0.1, 0.15) is 24.2 Å². The highest BCUT2D eigenvalue weighted by atomic mass is 32.2. The predicted molar refractivity (Wildman–Crippen MR) is 110 cm³/mol. The second-order valence-corrected chi connectivity index (χ2v) is 8.94. The molecule has 7 nitrogen and oxygen atoms in total. The second kappa shape index (κ2) is 7.29.